The molecular formula is C21H16BrN3O3. The van der Waals surface area contributed by atoms with Crippen LogP contribution in [0.4, 0.5) is 5.82 Å². The standard InChI is InChI=1S/C21H16BrN3O3/c1-28-18-10-13(6-8-17(18)27)20-21(23-11-14-4-2-3-5-16(14)26)25-12-15(22)7-9-19(25)24-20/h2-12,26-27H,1H3. The Labute approximate surface area is 169 Å². The highest BCUT2D eigenvalue weighted by atomic mass is 79.9. The minimum Gasteiger partial charge on any atom is -0.507 e. The quantitative estimate of drug-likeness (QED) is 0.443. The smallest absolute Gasteiger partial charge is 0.165 e. The number of pyridine rings is 1. The van der Waals surface area contributed by atoms with Gasteiger partial charge in [-0.2, -0.15) is 0 Å². The number of aromatic hydroxyl groups is 2. The number of fused-ring (bicyclic) bond motifs is 1. The first kappa shape index (κ1) is 18.1. The van der Waals surface area contributed by atoms with Crippen molar-refractivity contribution in [1.29, 1.82) is 0 Å². The van der Waals surface area contributed by atoms with E-state index in [2.05, 4.69) is 20.9 Å². The van der Waals surface area contributed by atoms with Crippen molar-refractivity contribution < 1.29 is 14.9 Å². The lowest BCUT2D eigenvalue weighted by molar-refractivity contribution is 0.373. The number of aromatic nitrogens is 2. The van der Waals surface area contributed by atoms with Crippen LogP contribution in [0, 0.1) is 0 Å². The van der Waals surface area contributed by atoms with Crippen molar-refractivity contribution >= 4 is 33.6 Å². The van der Waals surface area contributed by atoms with Crippen LogP contribution in [-0.4, -0.2) is 32.9 Å². The number of para-hydroxylation sites is 1. The third-order valence-electron chi connectivity index (χ3n) is 4.27. The molecule has 2 N–H and O–H groups in total. The SMILES string of the molecule is COc1cc(-c2nc3ccc(Br)cn3c2N=Cc2ccccc2O)ccc1O. The molecule has 2 heterocycles. The van der Waals surface area contributed by atoms with Crippen LogP contribution in [0.5, 0.6) is 17.2 Å². The van der Waals surface area contributed by atoms with Gasteiger partial charge in [-0.1, -0.05) is 12.1 Å². The van der Waals surface area contributed by atoms with Crippen LogP contribution in [0.25, 0.3) is 16.9 Å². The van der Waals surface area contributed by atoms with Gasteiger partial charge in [-0.15, -0.1) is 0 Å². The van der Waals surface area contributed by atoms with Crippen LogP contribution in [0.15, 0.2) is 70.3 Å². The fourth-order valence-electron chi connectivity index (χ4n) is 2.88. The van der Waals surface area contributed by atoms with Crippen molar-refractivity contribution in [3.63, 3.8) is 0 Å². The molecule has 28 heavy (non-hydrogen) atoms. The summed E-state index contributed by atoms with van der Waals surface area (Å²) in [5.41, 5.74) is 2.69. The van der Waals surface area contributed by atoms with Crippen LogP contribution in [0.2, 0.25) is 0 Å². The minimum absolute atomic E-state index is 0.0528. The molecule has 140 valence electrons. The monoisotopic (exact) mass is 437 g/mol. The number of nitrogens with zero attached hydrogens (tertiary/aromatic N) is 3. The summed E-state index contributed by atoms with van der Waals surface area (Å²) >= 11 is 3.48. The Morgan fingerprint density at radius 3 is 2.68 bits per heavy atom. The second kappa shape index (κ2) is 7.36. The van der Waals surface area contributed by atoms with E-state index in [1.807, 2.05) is 28.8 Å². The summed E-state index contributed by atoms with van der Waals surface area (Å²) in [6, 6.07) is 15.8. The lowest BCUT2D eigenvalue weighted by atomic mass is 10.1. The molecule has 0 bridgehead atoms. The maximum Gasteiger partial charge on any atom is 0.165 e. The average molecular weight is 438 g/mol. The van der Waals surface area contributed by atoms with Crippen molar-refractivity contribution in [2.24, 2.45) is 4.99 Å². The Morgan fingerprint density at radius 2 is 1.89 bits per heavy atom. The Hall–Kier alpha value is -3.32. The normalized spacial score (nSPS) is 11.4. The number of imidazole rings is 1. The molecule has 4 aromatic rings. The Kier molecular flexibility index (Phi) is 4.75. The van der Waals surface area contributed by atoms with E-state index in [0.29, 0.717) is 22.8 Å². The predicted octanol–water partition coefficient (Wildman–Crippen LogP) is 4.93. The fraction of sp³-hybridized carbons (Fsp3) is 0.0476. The number of rotatable bonds is 4. The van der Waals surface area contributed by atoms with Gasteiger partial charge in [0.05, 0.1) is 7.11 Å². The summed E-state index contributed by atoms with van der Waals surface area (Å²) in [5.74, 6) is 1.14. The van der Waals surface area contributed by atoms with Gasteiger partial charge in [-0.3, -0.25) is 4.40 Å². The zero-order valence-electron chi connectivity index (χ0n) is 14.9. The van der Waals surface area contributed by atoms with Gasteiger partial charge < -0.3 is 14.9 Å². The summed E-state index contributed by atoms with van der Waals surface area (Å²) < 4.78 is 7.96. The van der Waals surface area contributed by atoms with Crippen molar-refractivity contribution in [2.75, 3.05) is 7.11 Å². The second-order valence-corrected chi connectivity index (χ2v) is 6.98. The minimum atomic E-state index is 0.0528. The molecule has 0 unspecified atom stereocenters. The molecule has 4 rings (SSSR count). The van der Waals surface area contributed by atoms with Gasteiger partial charge in [0.25, 0.3) is 0 Å². The van der Waals surface area contributed by atoms with Crippen LogP contribution in [0.3, 0.4) is 0 Å². The molecule has 0 saturated carbocycles. The maximum absolute atomic E-state index is 10.0. The Bertz CT molecular complexity index is 1200. The van der Waals surface area contributed by atoms with E-state index in [4.69, 9.17) is 9.72 Å². The number of aliphatic imine (C=N–C) groups is 1. The van der Waals surface area contributed by atoms with E-state index >= 15 is 0 Å². The predicted molar refractivity (Wildman–Crippen MR) is 112 cm³/mol. The molecule has 0 radical (unpaired) electrons. The molecule has 6 nitrogen and oxygen atoms in total. The molecule has 2 aromatic carbocycles. The molecule has 0 atom stereocenters. The van der Waals surface area contributed by atoms with Gasteiger partial charge >= 0.3 is 0 Å². The third kappa shape index (κ3) is 3.32. The van der Waals surface area contributed by atoms with Crippen molar-refractivity contribution in [1.82, 2.24) is 9.38 Å². The number of phenols is 2. The van der Waals surface area contributed by atoms with Gasteiger partial charge in [0.15, 0.2) is 17.3 Å². The number of methoxy groups -OCH3 is 1. The van der Waals surface area contributed by atoms with E-state index in [-0.39, 0.29) is 11.5 Å². The molecular weight excluding hydrogens is 422 g/mol. The van der Waals surface area contributed by atoms with Crippen LogP contribution in [0.1, 0.15) is 5.56 Å². The molecule has 0 spiro atoms. The topological polar surface area (TPSA) is 79.4 Å². The highest BCUT2D eigenvalue weighted by Gasteiger charge is 2.15. The summed E-state index contributed by atoms with van der Waals surface area (Å²) in [6.45, 7) is 0. The first-order valence-electron chi connectivity index (χ1n) is 8.44. The number of hydrogen-bond donors (Lipinski definition) is 2. The van der Waals surface area contributed by atoms with Crippen LogP contribution < -0.4 is 4.74 Å². The summed E-state index contributed by atoms with van der Waals surface area (Å²) in [7, 11) is 1.50. The molecule has 7 heteroatoms. The van der Waals surface area contributed by atoms with Gasteiger partial charge in [-0.25, -0.2) is 9.98 Å². The van der Waals surface area contributed by atoms with E-state index in [0.717, 1.165) is 15.7 Å². The highest BCUT2D eigenvalue weighted by Crippen LogP contribution is 2.36. The number of phenolic OH excluding ortho intramolecular Hbond substituents is 2. The largest absolute Gasteiger partial charge is 0.507 e. The van der Waals surface area contributed by atoms with E-state index in [1.54, 1.807) is 42.6 Å². The van der Waals surface area contributed by atoms with E-state index in [1.165, 1.54) is 7.11 Å². The zero-order valence-corrected chi connectivity index (χ0v) is 16.5. The summed E-state index contributed by atoms with van der Waals surface area (Å²) in [5, 5.41) is 19.9. The van der Waals surface area contributed by atoms with Gasteiger partial charge in [0.2, 0.25) is 0 Å². The molecule has 2 aromatic heterocycles. The highest BCUT2D eigenvalue weighted by molar-refractivity contribution is 9.10. The molecule has 0 aliphatic carbocycles. The first-order valence-corrected chi connectivity index (χ1v) is 9.23. The van der Waals surface area contributed by atoms with E-state index < -0.39 is 0 Å². The number of halogens is 1. The summed E-state index contributed by atoms with van der Waals surface area (Å²) in [4.78, 5) is 9.30. The lowest BCUT2D eigenvalue weighted by Crippen LogP contribution is -1.87. The van der Waals surface area contributed by atoms with Crippen LogP contribution in [-0.2, 0) is 0 Å². The van der Waals surface area contributed by atoms with Gasteiger partial charge in [0, 0.05) is 28.0 Å². The number of ether oxygens (including phenoxy) is 1. The second-order valence-electron chi connectivity index (χ2n) is 6.06. The molecule has 0 fully saturated rings. The van der Waals surface area contributed by atoms with Crippen molar-refractivity contribution in [3.8, 4) is 28.5 Å². The van der Waals surface area contributed by atoms with Gasteiger partial charge in [0.1, 0.15) is 17.1 Å². The zero-order chi connectivity index (χ0) is 19.7. The Balaban J connectivity index is 1.92. The molecule has 0 saturated heterocycles. The van der Waals surface area contributed by atoms with Crippen LogP contribution >= 0.6 is 15.9 Å². The summed E-state index contributed by atoms with van der Waals surface area (Å²) in [6.07, 6.45) is 3.47. The van der Waals surface area contributed by atoms with Crippen molar-refractivity contribution in [2.45, 2.75) is 0 Å². The Morgan fingerprint density at radius 1 is 1.07 bits per heavy atom. The molecule has 0 aliphatic heterocycles. The van der Waals surface area contributed by atoms with Gasteiger partial charge in [-0.05, 0) is 58.4 Å². The maximum atomic E-state index is 10.0. The first-order chi connectivity index (χ1) is 13.6. The average Bonchev–Trinajstić information content (AvgIpc) is 3.05. The lowest BCUT2D eigenvalue weighted by Gasteiger charge is -2.06. The number of hydrogen-bond acceptors (Lipinski definition) is 5. The van der Waals surface area contributed by atoms with Crippen molar-refractivity contribution in [3.05, 3.63) is 70.8 Å². The number of benzene rings is 2. The third-order valence-corrected chi connectivity index (χ3v) is 4.74. The fourth-order valence-corrected chi connectivity index (χ4v) is 3.21. The van der Waals surface area contributed by atoms with E-state index in [9.17, 15) is 10.2 Å². The molecule has 0 aliphatic rings. The molecule has 0 amide bonds.